The van der Waals surface area contributed by atoms with Gasteiger partial charge in [0, 0.05) is 13.1 Å². The van der Waals surface area contributed by atoms with Crippen molar-refractivity contribution in [2.45, 2.75) is 39.3 Å². The van der Waals surface area contributed by atoms with E-state index in [2.05, 4.69) is 20.8 Å². The summed E-state index contributed by atoms with van der Waals surface area (Å²) in [5.41, 5.74) is -0.777. The lowest BCUT2D eigenvalue weighted by Gasteiger charge is -2.37. The van der Waals surface area contributed by atoms with Gasteiger partial charge in [-0.1, -0.05) is 6.42 Å². The molecule has 0 unspecified atom stereocenters. The number of nitrogens with one attached hydrogen (secondary N) is 2. The van der Waals surface area contributed by atoms with Gasteiger partial charge in [-0.25, -0.2) is 4.79 Å². The summed E-state index contributed by atoms with van der Waals surface area (Å²) in [5, 5.41) is 22.1. The summed E-state index contributed by atoms with van der Waals surface area (Å²) in [4.78, 5) is 22.8. The summed E-state index contributed by atoms with van der Waals surface area (Å²) in [5.74, 6) is -0.172. The lowest BCUT2D eigenvalue weighted by Crippen LogP contribution is -2.49. The molecule has 8 heteroatoms. The number of amides is 2. The van der Waals surface area contributed by atoms with E-state index < -0.39 is 11.4 Å². The van der Waals surface area contributed by atoms with Crippen molar-refractivity contribution in [2.75, 3.05) is 6.54 Å². The monoisotopic (exact) mass is 281 g/mol. The number of carboxylic acids is 1. The second-order valence-corrected chi connectivity index (χ2v) is 5.01. The number of rotatable bonds is 6. The molecule has 0 atom stereocenters. The van der Waals surface area contributed by atoms with Crippen LogP contribution in [0.2, 0.25) is 0 Å². The van der Waals surface area contributed by atoms with Crippen molar-refractivity contribution in [1.82, 2.24) is 25.4 Å². The highest BCUT2D eigenvalue weighted by atomic mass is 16.4. The Bertz CT molecular complexity index is 495. The van der Waals surface area contributed by atoms with Crippen molar-refractivity contribution >= 4 is 12.0 Å². The lowest BCUT2D eigenvalue weighted by molar-refractivity contribution is -0.153. The van der Waals surface area contributed by atoms with Gasteiger partial charge in [-0.2, -0.15) is 0 Å². The average Bonchev–Trinajstić information content (AvgIpc) is 2.81. The van der Waals surface area contributed by atoms with Crippen LogP contribution in [0.15, 0.2) is 6.33 Å². The molecule has 0 radical (unpaired) electrons. The lowest BCUT2D eigenvalue weighted by atomic mass is 9.69. The van der Waals surface area contributed by atoms with Crippen molar-refractivity contribution < 1.29 is 14.7 Å². The third-order valence-electron chi connectivity index (χ3n) is 3.80. The third kappa shape index (κ3) is 2.89. The molecule has 1 aliphatic rings. The highest BCUT2D eigenvalue weighted by Gasteiger charge is 2.44. The van der Waals surface area contributed by atoms with Gasteiger partial charge in [0.25, 0.3) is 0 Å². The van der Waals surface area contributed by atoms with Crippen LogP contribution in [-0.4, -0.2) is 38.4 Å². The van der Waals surface area contributed by atoms with Crippen molar-refractivity contribution in [3.05, 3.63) is 12.2 Å². The summed E-state index contributed by atoms with van der Waals surface area (Å²) in [7, 11) is 0. The fourth-order valence-electron chi connectivity index (χ4n) is 2.22. The van der Waals surface area contributed by atoms with E-state index in [1.165, 1.54) is 0 Å². The SMILES string of the molecule is CCn1cnnc1CNC(=O)NCC1(C(=O)O)CCC1. The topological polar surface area (TPSA) is 109 Å². The maximum atomic E-state index is 11.7. The highest BCUT2D eigenvalue weighted by Crippen LogP contribution is 2.40. The maximum Gasteiger partial charge on any atom is 0.315 e. The van der Waals surface area contributed by atoms with Crippen molar-refractivity contribution in [2.24, 2.45) is 5.41 Å². The van der Waals surface area contributed by atoms with Crippen molar-refractivity contribution in [1.29, 1.82) is 0 Å². The Morgan fingerprint density at radius 3 is 2.75 bits per heavy atom. The zero-order valence-corrected chi connectivity index (χ0v) is 11.4. The Hall–Kier alpha value is -2.12. The Morgan fingerprint density at radius 1 is 1.45 bits per heavy atom. The van der Waals surface area contributed by atoms with Crippen LogP contribution in [0.3, 0.4) is 0 Å². The summed E-state index contributed by atoms with van der Waals surface area (Å²) in [6, 6.07) is -0.386. The van der Waals surface area contributed by atoms with Gasteiger partial charge in [-0.05, 0) is 19.8 Å². The van der Waals surface area contributed by atoms with Crippen LogP contribution >= 0.6 is 0 Å². The maximum absolute atomic E-state index is 11.7. The summed E-state index contributed by atoms with van der Waals surface area (Å²) in [6.07, 6.45) is 3.73. The van der Waals surface area contributed by atoms with Gasteiger partial charge >= 0.3 is 12.0 Å². The summed E-state index contributed by atoms with van der Waals surface area (Å²) in [6.45, 7) is 3.11. The first-order valence-electron chi connectivity index (χ1n) is 6.69. The highest BCUT2D eigenvalue weighted by molar-refractivity contribution is 5.78. The van der Waals surface area contributed by atoms with E-state index >= 15 is 0 Å². The van der Waals surface area contributed by atoms with Gasteiger partial charge in [0.2, 0.25) is 0 Å². The number of nitrogens with zero attached hydrogens (tertiary/aromatic N) is 3. The van der Waals surface area contributed by atoms with E-state index in [1.807, 2.05) is 11.5 Å². The summed E-state index contributed by atoms with van der Waals surface area (Å²) < 4.78 is 1.82. The molecular formula is C12H19N5O3. The molecule has 0 aliphatic heterocycles. The number of aliphatic carboxylic acids is 1. The minimum Gasteiger partial charge on any atom is -0.481 e. The van der Waals surface area contributed by atoms with Crippen LogP contribution in [0.1, 0.15) is 32.0 Å². The first-order valence-corrected chi connectivity index (χ1v) is 6.69. The molecule has 1 aromatic heterocycles. The number of aromatic nitrogens is 3. The van der Waals surface area contributed by atoms with E-state index in [9.17, 15) is 9.59 Å². The smallest absolute Gasteiger partial charge is 0.315 e. The summed E-state index contributed by atoms with van der Waals surface area (Å²) >= 11 is 0. The molecule has 1 fully saturated rings. The van der Waals surface area contributed by atoms with E-state index in [4.69, 9.17) is 5.11 Å². The number of hydrogen-bond acceptors (Lipinski definition) is 4. The molecule has 0 bridgehead atoms. The Balaban J connectivity index is 1.77. The predicted octanol–water partition coefficient (Wildman–Crippen LogP) is 0.352. The Labute approximate surface area is 116 Å². The molecule has 1 saturated carbocycles. The minimum atomic E-state index is -0.838. The zero-order valence-electron chi connectivity index (χ0n) is 11.4. The predicted molar refractivity (Wildman–Crippen MR) is 69.9 cm³/mol. The van der Waals surface area contributed by atoms with Crippen LogP contribution < -0.4 is 10.6 Å². The number of carbonyl (C=O) groups excluding carboxylic acids is 1. The second-order valence-electron chi connectivity index (χ2n) is 5.01. The fraction of sp³-hybridized carbons (Fsp3) is 0.667. The van der Waals surface area contributed by atoms with Crippen LogP contribution in [0.5, 0.6) is 0 Å². The van der Waals surface area contributed by atoms with Gasteiger partial charge in [0.1, 0.15) is 6.33 Å². The van der Waals surface area contributed by atoms with Crippen LogP contribution in [0.25, 0.3) is 0 Å². The number of aryl methyl sites for hydroxylation is 1. The molecule has 20 heavy (non-hydrogen) atoms. The van der Waals surface area contributed by atoms with Crippen LogP contribution in [-0.2, 0) is 17.9 Å². The van der Waals surface area contributed by atoms with E-state index in [1.54, 1.807) is 6.33 Å². The van der Waals surface area contributed by atoms with E-state index in [-0.39, 0.29) is 19.1 Å². The molecule has 0 saturated heterocycles. The van der Waals surface area contributed by atoms with Gasteiger partial charge in [-0.15, -0.1) is 10.2 Å². The largest absolute Gasteiger partial charge is 0.481 e. The molecule has 110 valence electrons. The number of carbonyl (C=O) groups is 2. The van der Waals surface area contributed by atoms with Gasteiger partial charge < -0.3 is 20.3 Å². The Kier molecular flexibility index (Phi) is 4.21. The van der Waals surface area contributed by atoms with Gasteiger partial charge in [0.05, 0.1) is 12.0 Å². The molecule has 2 rings (SSSR count). The normalized spacial score (nSPS) is 16.2. The zero-order chi connectivity index (χ0) is 14.6. The standard InChI is InChI=1S/C12H19N5O3/c1-2-17-8-15-16-9(17)6-13-11(20)14-7-12(10(18)19)4-3-5-12/h8H,2-7H2,1H3,(H,18,19)(H2,13,14,20). The minimum absolute atomic E-state index is 0.161. The molecule has 3 N–H and O–H groups in total. The van der Waals surface area contributed by atoms with E-state index in [0.717, 1.165) is 13.0 Å². The van der Waals surface area contributed by atoms with Crippen LogP contribution in [0.4, 0.5) is 4.79 Å². The van der Waals surface area contributed by atoms with Crippen molar-refractivity contribution in [3.8, 4) is 0 Å². The molecule has 0 aromatic carbocycles. The first-order chi connectivity index (χ1) is 9.57. The molecule has 0 spiro atoms. The van der Waals surface area contributed by atoms with E-state index in [0.29, 0.717) is 18.7 Å². The number of urea groups is 1. The van der Waals surface area contributed by atoms with Crippen molar-refractivity contribution in [3.63, 3.8) is 0 Å². The molecule has 8 nitrogen and oxygen atoms in total. The van der Waals surface area contributed by atoms with Gasteiger partial charge in [-0.3, -0.25) is 4.79 Å². The number of hydrogen-bond donors (Lipinski definition) is 3. The number of carboxylic acid groups (broad SMARTS) is 1. The molecule has 2 amide bonds. The molecular weight excluding hydrogens is 262 g/mol. The Morgan fingerprint density at radius 2 is 2.20 bits per heavy atom. The average molecular weight is 281 g/mol. The first kappa shape index (κ1) is 14.3. The molecule has 1 aromatic rings. The molecule has 1 aliphatic carbocycles. The fourth-order valence-corrected chi connectivity index (χ4v) is 2.22. The second kappa shape index (κ2) is 5.89. The molecule has 1 heterocycles. The van der Waals surface area contributed by atoms with Crippen LogP contribution in [0, 0.1) is 5.41 Å². The van der Waals surface area contributed by atoms with Gasteiger partial charge in [0.15, 0.2) is 5.82 Å². The quantitative estimate of drug-likeness (QED) is 0.697. The third-order valence-corrected chi connectivity index (χ3v) is 3.80.